The number of aromatic amines is 1. The van der Waals surface area contributed by atoms with Crippen molar-refractivity contribution in [3.05, 3.63) is 30.0 Å². The van der Waals surface area contributed by atoms with Crippen molar-refractivity contribution in [2.45, 2.75) is 26.8 Å². The largest absolute Gasteiger partial charge is 0.399 e. The zero-order valence-corrected chi connectivity index (χ0v) is 11.9. The third-order valence-corrected chi connectivity index (χ3v) is 3.77. The van der Waals surface area contributed by atoms with Crippen LogP contribution in [0.2, 0.25) is 0 Å². The number of hydrogen-bond acceptors (Lipinski definition) is 2. The van der Waals surface area contributed by atoms with Crippen molar-refractivity contribution < 1.29 is 4.79 Å². The first-order chi connectivity index (χ1) is 8.90. The molecular formula is C15H21N3O. The standard InChI is InChI=1S/C15H21N3O/c1-9(2)10(3)18(4)15(19)14-8-11-7-12(16)5-6-13(11)17-14/h5-10,17H,16H2,1-4H3. The molecule has 4 heteroatoms. The van der Waals surface area contributed by atoms with Gasteiger partial charge in [-0.2, -0.15) is 0 Å². The van der Waals surface area contributed by atoms with Crippen molar-refractivity contribution in [1.29, 1.82) is 0 Å². The molecule has 0 fully saturated rings. The molecule has 0 spiro atoms. The van der Waals surface area contributed by atoms with E-state index in [0.29, 0.717) is 17.3 Å². The highest BCUT2D eigenvalue weighted by molar-refractivity contribution is 5.98. The number of nitrogen functional groups attached to an aromatic ring is 1. The fraction of sp³-hybridized carbons (Fsp3) is 0.400. The Morgan fingerprint density at radius 1 is 1.26 bits per heavy atom. The van der Waals surface area contributed by atoms with E-state index in [2.05, 4.69) is 25.8 Å². The average Bonchev–Trinajstić information content (AvgIpc) is 2.78. The second-order valence-corrected chi connectivity index (χ2v) is 5.43. The number of H-pyrrole nitrogens is 1. The predicted molar refractivity (Wildman–Crippen MR) is 79.1 cm³/mol. The van der Waals surface area contributed by atoms with E-state index in [4.69, 9.17) is 5.73 Å². The van der Waals surface area contributed by atoms with E-state index in [1.165, 1.54) is 0 Å². The molecule has 2 aromatic rings. The molecular weight excluding hydrogens is 238 g/mol. The van der Waals surface area contributed by atoms with Gasteiger partial charge in [-0.25, -0.2) is 0 Å². The fourth-order valence-corrected chi connectivity index (χ4v) is 2.09. The van der Waals surface area contributed by atoms with Crippen LogP contribution in [0.5, 0.6) is 0 Å². The van der Waals surface area contributed by atoms with E-state index in [1.54, 1.807) is 4.90 Å². The number of anilines is 1. The third-order valence-electron chi connectivity index (χ3n) is 3.77. The van der Waals surface area contributed by atoms with Gasteiger partial charge in [0.15, 0.2) is 0 Å². The summed E-state index contributed by atoms with van der Waals surface area (Å²) in [7, 11) is 1.84. The smallest absolute Gasteiger partial charge is 0.270 e. The molecule has 1 unspecified atom stereocenters. The molecule has 1 aromatic carbocycles. The molecule has 0 radical (unpaired) electrons. The molecule has 1 heterocycles. The lowest BCUT2D eigenvalue weighted by Gasteiger charge is -2.27. The molecule has 0 aliphatic carbocycles. The first kappa shape index (κ1) is 13.5. The van der Waals surface area contributed by atoms with Crippen LogP contribution in [0.15, 0.2) is 24.3 Å². The Morgan fingerprint density at radius 3 is 2.58 bits per heavy atom. The number of fused-ring (bicyclic) bond motifs is 1. The molecule has 4 nitrogen and oxygen atoms in total. The highest BCUT2D eigenvalue weighted by Gasteiger charge is 2.21. The molecule has 19 heavy (non-hydrogen) atoms. The number of amides is 1. The Labute approximate surface area is 113 Å². The maximum Gasteiger partial charge on any atom is 0.270 e. The minimum Gasteiger partial charge on any atom is -0.399 e. The lowest BCUT2D eigenvalue weighted by molar-refractivity contribution is 0.0702. The summed E-state index contributed by atoms with van der Waals surface area (Å²) in [6, 6.07) is 7.65. The highest BCUT2D eigenvalue weighted by Crippen LogP contribution is 2.20. The molecule has 2 rings (SSSR count). The van der Waals surface area contributed by atoms with Gasteiger partial charge in [0.2, 0.25) is 0 Å². The summed E-state index contributed by atoms with van der Waals surface area (Å²) in [5.74, 6) is 0.435. The van der Waals surface area contributed by atoms with E-state index in [0.717, 1.165) is 10.9 Å². The summed E-state index contributed by atoms with van der Waals surface area (Å²) in [6.07, 6.45) is 0. The van der Waals surface area contributed by atoms with Gasteiger partial charge >= 0.3 is 0 Å². The van der Waals surface area contributed by atoms with E-state index < -0.39 is 0 Å². The molecule has 0 saturated carbocycles. The number of carbonyl (C=O) groups is 1. The first-order valence-electron chi connectivity index (χ1n) is 6.55. The number of hydrogen-bond donors (Lipinski definition) is 2. The lowest BCUT2D eigenvalue weighted by atomic mass is 10.1. The van der Waals surface area contributed by atoms with Crippen LogP contribution in [0.1, 0.15) is 31.3 Å². The molecule has 0 saturated heterocycles. The van der Waals surface area contributed by atoms with E-state index in [-0.39, 0.29) is 11.9 Å². The van der Waals surface area contributed by atoms with Crippen molar-refractivity contribution >= 4 is 22.5 Å². The van der Waals surface area contributed by atoms with Gasteiger partial charge in [-0.1, -0.05) is 13.8 Å². The summed E-state index contributed by atoms with van der Waals surface area (Å²) in [6.45, 7) is 6.28. The summed E-state index contributed by atoms with van der Waals surface area (Å²) in [5.41, 5.74) is 7.99. The zero-order chi connectivity index (χ0) is 14.2. The second kappa shape index (κ2) is 4.96. The summed E-state index contributed by atoms with van der Waals surface area (Å²) >= 11 is 0. The van der Waals surface area contributed by atoms with Crippen molar-refractivity contribution in [2.75, 3.05) is 12.8 Å². The molecule has 1 aromatic heterocycles. The minimum absolute atomic E-state index is 0.0102. The normalized spacial score (nSPS) is 12.9. The van der Waals surface area contributed by atoms with Gasteiger partial charge in [0.05, 0.1) is 0 Å². The SMILES string of the molecule is CC(C)C(C)N(C)C(=O)c1cc2cc(N)ccc2[nH]1. The Morgan fingerprint density at radius 2 is 1.95 bits per heavy atom. The molecule has 0 bridgehead atoms. The van der Waals surface area contributed by atoms with Crippen molar-refractivity contribution in [1.82, 2.24) is 9.88 Å². The number of nitrogens with one attached hydrogen (secondary N) is 1. The zero-order valence-electron chi connectivity index (χ0n) is 11.9. The monoisotopic (exact) mass is 259 g/mol. The maximum absolute atomic E-state index is 12.4. The molecule has 1 amide bonds. The van der Waals surface area contributed by atoms with Crippen LogP contribution >= 0.6 is 0 Å². The van der Waals surface area contributed by atoms with Crippen LogP contribution in [0.25, 0.3) is 10.9 Å². The summed E-state index contributed by atoms with van der Waals surface area (Å²) in [5, 5.41) is 0.967. The third kappa shape index (κ3) is 2.57. The fourth-order valence-electron chi connectivity index (χ4n) is 2.09. The number of benzene rings is 1. The van der Waals surface area contributed by atoms with E-state index >= 15 is 0 Å². The minimum atomic E-state index is 0.0102. The molecule has 1 atom stereocenters. The summed E-state index contributed by atoms with van der Waals surface area (Å²) < 4.78 is 0. The van der Waals surface area contributed by atoms with Crippen LogP contribution in [0, 0.1) is 5.92 Å². The van der Waals surface area contributed by atoms with E-state index in [9.17, 15) is 4.79 Å². The molecule has 3 N–H and O–H groups in total. The predicted octanol–water partition coefficient (Wildman–Crippen LogP) is 2.87. The van der Waals surface area contributed by atoms with Gasteiger partial charge in [0.1, 0.15) is 5.69 Å². The highest BCUT2D eigenvalue weighted by atomic mass is 16.2. The maximum atomic E-state index is 12.4. The Kier molecular flexibility index (Phi) is 3.51. The van der Waals surface area contributed by atoms with Crippen LogP contribution in [-0.4, -0.2) is 28.9 Å². The number of rotatable bonds is 3. The average molecular weight is 259 g/mol. The van der Waals surface area contributed by atoms with Gasteiger partial charge in [0, 0.05) is 29.7 Å². The van der Waals surface area contributed by atoms with Gasteiger partial charge in [0.25, 0.3) is 5.91 Å². The van der Waals surface area contributed by atoms with Crippen molar-refractivity contribution in [3.63, 3.8) is 0 Å². The van der Waals surface area contributed by atoms with Gasteiger partial charge < -0.3 is 15.6 Å². The summed E-state index contributed by atoms with van der Waals surface area (Å²) in [4.78, 5) is 17.3. The lowest BCUT2D eigenvalue weighted by Crippen LogP contribution is -2.38. The van der Waals surface area contributed by atoms with Crippen LogP contribution in [-0.2, 0) is 0 Å². The number of nitrogens with zero attached hydrogens (tertiary/aromatic N) is 1. The topological polar surface area (TPSA) is 62.1 Å². The Balaban J connectivity index is 2.31. The van der Waals surface area contributed by atoms with Gasteiger partial charge in [-0.05, 0) is 37.1 Å². The number of nitrogens with two attached hydrogens (primary N) is 1. The quantitative estimate of drug-likeness (QED) is 0.833. The van der Waals surface area contributed by atoms with Crippen molar-refractivity contribution in [3.8, 4) is 0 Å². The van der Waals surface area contributed by atoms with Crippen molar-refractivity contribution in [2.24, 2.45) is 5.92 Å². The van der Waals surface area contributed by atoms with Crippen LogP contribution in [0.3, 0.4) is 0 Å². The van der Waals surface area contributed by atoms with Crippen LogP contribution in [0.4, 0.5) is 5.69 Å². The van der Waals surface area contributed by atoms with Crippen LogP contribution < -0.4 is 5.73 Å². The van der Waals surface area contributed by atoms with E-state index in [1.807, 2.05) is 31.3 Å². The Hall–Kier alpha value is -1.97. The van der Waals surface area contributed by atoms with Gasteiger partial charge in [-0.3, -0.25) is 4.79 Å². The van der Waals surface area contributed by atoms with Gasteiger partial charge in [-0.15, -0.1) is 0 Å². The number of aromatic nitrogens is 1. The Bertz CT molecular complexity index is 600. The second-order valence-electron chi connectivity index (χ2n) is 5.43. The molecule has 0 aliphatic rings. The molecule has 0 aliphatic heterocycles. The number of carbonyl (C=O) groups excluding carboxylic acids is 1. The molecule has 102 valence electrons. The first-order valence-corrected chi connectivity index (χ1v) is 6.55.